The molecule has 2 rings (SSSR count). The Morgan fingerprint density at radius 1 is 1.55 bits per heavy atom. The Morgan fingerprint density at radius 3 is 3.10 bits per heavy atom. The Hall–Kier alpha value is -1.29. The number of hydrogen-bond acceptors (Lipinski definition) is 3. The van der Waals surface area contributed by atoms with Gasteiger partial charge in [0.25, 0.3) is 0 Å². The molecule has 1 fully saturated rings. The van der Waals surface area contributed by atoms with E-state index in [1.165, 1.54) is 6.42 Å². The minimum absolute atomic E-state index is 0.260. The number of rotatable bonds is 6. The van der Waals surface area contributed by atoms with Crippen LogP contribution in [0.4, 0.5) is 0 Å². The van der Waals surface area contributed by atoms with Gasteiger partial charge in [-0.05, 0) is 37.4 Å². The molecule has 0 radical (unpaired) electrons. The Kier molecular flexibility index (Phi) is 5.65. The van der Waals surface area contributed by atoms with Gasteiger partial charge in [0.1, 0.15) is 5.76 Å². The summed E-state index contributed by atoms with van der Waals surface area (Å²) in [5, 5.41) is 3.48. The van der Waals surface area contributed by atoms with E-state index in [-0.39, 0.29) is 5.91 Å². The zero-order valence-corrected chi connectivity index (χ0v) is 12.6. The summed E-state index contributed by atoms with van der Waals surface area (Å²) in [7, 11) is 0. The first kappa shape index (κ1) is 15.1. The lowest BCUT2D eigenvalue weighted by Gasteiger charge is -2.33. The summed E-state index contributed by atoms with van der Waals surface area (Å²) in [5.41, 5.74) is 0. The van der Waals surface area contributed by atoms with Crippen LogP contribution < -0.4 is 5.32 Å². The average molecular weight is 278 g/mol. The lowest BCUT2D eigenvalue weighted by atomic mass is 9.97. The monoisotopic (exact) mass is 278 g/mol. The molecule has 1 saturated heterocycles. The average Bonchev–Trinajstić information content (AvgIpc) is 2.96. The molecule has 0 aromatic carbocycles. The van der Waals surface area contributed by atoms with E-state index < -0.39 is 0 Å². The van der Waals surface area contributed by atoms with Gasteiger partial charge < -0.3 is 14.6 Å². The maximum Gasteiger partial charge on any atom is 0.223 e. The van der Waals surface area contributed by atoms with Gasteiger partial charge in [0, 0.05) is 32.0 Å². The molecule has 112 valence electrons. The molecule has 1 aliphatic heterocycles. The highest BCUT2D eigenvalue weighted by Crippen LogP contribution is 2.17. The van der Waals surface area contributed by atoms with Gasteiger partial charge in [0.15, 0.2) is 0 Å². The van der Waals surface area contributed by atoms with Crippen LogP contribution in [0.3, 0.4) is 0 Å². The molecule has 1 amide bonds. The molecule has 4 heteroatoms. The van der Waals surface area contributed by atoms with Gasteiger partial charge in [0.05, 0.1) is 6.26 Å². The van der Waals surface area contributed by atoms with Gasteiger partial charge in [-0.3, -0.25) is 4.79 Å². The van der Waals surface area contributed by atoms with Crippen LogP contribution in [0, 0.1) is 5.92 Å². The van der Waals surface area contributed by atoms with E-state index in [2.05, 4.69) is 19.2 Å². The predicted molar refractivity (Wildman–Crippen MR) is 79.5 cm³/mol. The van der Waals surface area contributed by atoms with Crippen molar-refractivity contribution < 1.29 is 9.21 Å². The molecule has 2 heterocycles. The van der Waals surface area contributed by atoms with E-state index in [0.29, 0.717) is 24.8 Å². The number of nitrogens with one attached hydrogen (secondary N) is 1. The lowest BCUT2D eigenvalue weighted by molar-refractivity contribution is -0.133. The number of hydrogen-bond donors (Lipinski definition) is 1. The SMILES string of the molecule is CC(C)NCC1CCCN(C(=O)CCc2ccco2)C1. The number of likely N-dealkylation sites (tertiary alicyclic amines) is 1. The maximum absolute atomic E-state index is 12.2. The number of nitrogens with zero attached hydrogens (tertiary/aromatic N) is 1. The fraction of sp³-hybridized carbons (Fsp3) is 0.688. The first-order valence-corrected chi connectivity index (χ1v) is 7.68. The number of carbonyl (C=O) groups is 1. The molecule has 20 heavy (non-hydrogen) atoms. The predicted octanol–water partition coefficient (Wildman–Crippen LogP) is 2.45. The van der Waals surface area contributed by atoms with Crippen molar-refractivity contribution in [2.24, 2.45) is 5.92 Å². The second-order valence-corrected chi connectivity index (χ2v) is 5.99. The van der Waals surface area contributed by atoms with Crippen molar-refractivity contribution in [3.63, 3.8) is 0 Å². The molecule has 1 aliphatic rings. The van der Waals surface area contributed by atoms with Gasteiger partial charge in [-0.2, -0.15) is 0 Å². The molecule has 1 unspecified atom stereocenters. The molecule has 1 aromatic heterocycles. The van der Waals surface area contributed by atoms with Crippen LogP contribution in [-0.2, 0) is 11.2 Å². The molecular formula is C16H26N2O2. The maximum atomic E-state index is 12.2. The summed E-state index contributed by atoms with van der Waals surface area (Å²) in [4.78, 5) is 14.3. The summed E-state index contributed by atoms with van der Waals surface area (Å²) < 4.78 is 5.28. The van der Waals surface area contributed by atoms with E-state index in [0.717, 1.165) is 31.8 Å². The van der Waals surface area contributed by atoms with Crippen LogP contribution in [-0.4, -0.2) is 36.5 Å². The van der Waals surface area contributed by atoms with Crippen molar-refractivity contribution >= 4 is 5.91 Å². The van der Waals surface area contributed by atoms with E-state index in [9.17, 15) is 4.79 Å². The Labute approximate surface area is 121 Å². The van der Waals surface area contributed by atoms with Gasteiger partial charge >= 0.3 is 0 Å². The molecule has 0 saturated carbocycles. The van der Waals surface area contributed by atoms with Crippen molar-refractivity contribution in [3.05, 3.63) is 24.2 Å². The summed E-state index contributed by atoms with van der Waals surface area (Å²) in [6.07, 6.45) is 5.27. The van der Waals surface area contributed by atoms with E-state index in [4.69, 9.17) is 4.42 Å². The molecular weight excluding hydrogens is 252 g/mol. The number of aryl methyl sites for hydroxylation is 1. The second-order valence-electron chi connectivity index (χ2n) is 5.99. The van der Waals surface area contributed by atoms with Crippen LogP contribution >= 0.6 is 0 Å². The quantitative estimate of drug-likeness (QED) is 0.869. The van der Waals surface area contributed by atoms with Crippen LogP contribution in [0.15, 0.2) is 22.8 Å². The third-order valence-electron chi connectivity index (χ3n) is 3.85. The minimum atomic E-state index is 0.260. The van der Waals surface area contributed by atoms with Crippen LogP contribution in [0.2, 0.25) is 0 Å². The van der Waals surface area contributed by atoms with Gasteiger partial charge in [-0.15, -0.1) is 0 Å². The third-order valence-corrected chi connectivity index (χ3v) is 3.85. The molecule has 0 aliphatic carbocycles. The van der Waals surface area contributed by atoms with E-state index in [1.807, 2.05) is 17.0 Å². The Bertz CT molecular complexity index is 401. The summed E-state index contributed by atoms with van der Waals surface area (Å²) in [5.74, 6) is 1.75. The fourth-order valence-electron chi connectivity index (χ4n) is 2.70. The van der Waals surface area contributed by atoms with Crippen molar-refractivity contribution in [1.29, 1.82) is 0 Å². The highest BCUT2D eigenvalue weighted by atomic mass is 16.3. The van der Waals surface area contributed by atoms with E-state index >= 15 is 0 Å². The number of furan rings is 1. The second kappa shape index (κ2) is 7.48. The minimum Gasteiger partial charge on any atom is -0.469 e. The number of carbonyl (C=O) groups excluding carboxylic acids is 1. The molecule has 0 bridgehead atoms. The highest BCUT2D eigenvalue weighted by molar-refractivity contribution is 5.76. The first-order chi connectivity index (χ1) is 9.65. The van der Waals surface area contributed by atoms with E-state index in [1.54, 1.807) is 6.26 Å². The topological polar surface area (TPSA) is 45.5 Å². The largest absolute Gasteiger partial charge is 0.469 e. The van der Waals surface area contributed by atoms with Gasteiger partial charge in [-0.1, -0.05) is 13.8 Å². The zero-order chi connectivity index (χ0) is 14.4. The fourth-order valence-corrected chi connectivity index (χ4v) is 2.70. The van der Waals surface area contributed by atoms with Crippen molar-refractivity contribution in [2.75, 3.05) is 19.6 Å². The first-order valence-electron chi connectivity index (χ1n) is 7.68. The van der Waals surface area contributed by atoms with Crippen LogP contribution in [0.25, 0.3) is 0 Å². The molecule has 4 nitrogen and oxygen atoms in total. The Morgan fingerprint density at radius 2 is 2.40 bits per heavy atom. The normalized spacial score (nSPS) is 19.6. The molecule has 1 aromatic rings. The van der Waals surface area contributed by atoms with Crippen LogP contribution in [0.1, 0.15) is 38.9 Å². The third kappa shape index (κ3) is 4.67. The summed E-state index contributed by atoms with van der Waals surface area (Å²) in [6, 6.07) is 4.31. The highest BCUT2D eigenvalue weighted by Gasteiger charge is 2.23. The molecule has 0 spiro atoms. The molecule has 1 N–H and O–H groups in total. The standard InChI is InChI=1S/C16H26N2O2/c1-13(2)17-11-14-5-3-9-18(12-14)16(19)8-7-15-6-4-10-20-15/h4,6,10,13-14,17H,3,5,7-9,11-12H2,1-2H3. The van der Waals surface area contributed by atoms with Crippen molar-refractivity contribution in [2.45, 2.75) is 45.6 Å². The smallest absolute Gasteiger partial charge is 0.223 e. The molecule has 1 atom stereocenters. The van der Waals surface area contributed by atoms with Crippen molar-refractivity contribution in [3.8, 4) is 0 Å². The van der Waals surface area contributed by atoms with Gasteiger partial charge in [0.2, 0.25) is 5.91 Å². The number of piperidine rings is 1. The zero-order valence-electron chi connectivity index (χ0n) is 12.6. The summed E-state index contributed by atoms with van der Waals surface area (Å²) in [6.45, 7) is 7.15. The Balaban J connectivity index is 1.74. The van der Waals surface area contributed by atoms with Gasteiger partial charge in [-0.25, -0.2) is 0 Å². The lowest BCUT2D eigenvalue weighted by Crippen LogP contribution is -2.43. The van der Waals surface area contributed by atoms with Crippen molar-refractivity contribution in [1.82, 2.24) is 10.2 Å². The summed E-state index contributed by atoms with van der Waals surface area (Å²) >= 11 is 0. The van der Waals surface area contributed by atoms with Crippen LogP contribution in [0.5, 0.6) is 0 Å². The number of amides is 1.